The van der Waals surface area contributed by atoms with Crippen molar-refractivity contribution in [2.24, 2.45) is 21.7 Å². The Morgan fingerprint density at radius 3 is 1.32 bits per heavy atom. The number of hydrogen-bond donors (Lipinski definition) is 2. The first-order valence-corrected chi connectivity index (χ1v) is 8.68. The van der Waals surface area contributed by atoms with Gasteiger partial charge in [0, 0.05) is 12.8 Å². The molecule has 2 aliphatic rings. The highest BCUT2D eigenvalue weighted by atomic mass is 16.3. The number of ketones is 1. The molecule has 0 saturated heterocycles. The van der Waals surface area contributed by atoms with E-state index in [-0.39, 0.29) is 39.7 Å². The van der Waals surface area contributed by atoms with Gasteiger partial charge in [-0.05, 0) is 47.3 Å². The SMILES string of the molecule is CC1(C)CC(O)CC1(C)CC(=O)CC1(C)CC(O)CC1(C)C. The second-order valence-electron chi connectivity index (χ2n) is 9.91. The highest BCUT2D eigenvalue weighted by molar-refractivity contribution is 5.80. The number of carbonyl (C=O) groups excluding carboxylic acids is 1. The minimum atomic E-state index is -0.284. The fraction of sp³-hybridized carbons (Fsp3) is 0.947. The van der Waals surface area contributed by atoms with Crippen LogP contribution in [-0.2, 0) is 4.79 Å². The maximum absolute atomic E-state index is 12.8. The number of aliphatic hydroxyl groups excluding tert-OH is 2. The van der Waals surface area contributed by atoms with Crippen LogP contribution in [0.5, 0.6) is 0 Å². The van der Waals surface area contributed by atoms with Crippen LogP contribution in [0, 0.1) is 21.7 Å². The molecule has 0 spiro atoms. The van der Waals surface area contributed by atoms with Crippen molar-refractivity contribution in [1.82, 2.24) is 0 Å². The average molecular weight is 310 g/mol. The van der Waals surface area contributed by atoms with Gasteiger partial charge in [0.15, 0.2) is 0 Å². The summed E-state index contributed by atoms with van der Waals surface area (Å²) in [5, 5.41) is 20.0. The first-order chi connectivity index (χ1) is 9.80. The molecule has 4 unspecified atom stereocenters. The maximum Gasteiger partial charge on any atom is 0.134 e. The van der Waals surface area contributed by atoms with E-state index in [2.05, 4.69) is 41.5 Å². The van der Waals surface area contributed by atoms with Crippen molar-refractivity contribution < 1.29 is 15.0 Å². The van der Waals surface area contributed by atoms with E-state index in [1.54, 1.807) is 0 Å². The molecule has 0 aromatic heterocycles. The van der Waals surface area contributed by atoms with Crippen LogP contribution in [0.4, 0.5) is 0 Å². The molecule has 2 aliphatic carbocycles. The lowest BCUT2D eigenvalue weighted by molar-refractivity contribution is -0.126. The third kappa shape index (κ3) is 2.99. The van der Waals surface area contributed by atoms with Crippen molar-refractivity contribution in [3.8, 4) is 0 Å². The second kappa shape index (κ2) is 5.31. The quantitative estimate of drug-likeness (QED) is 0.832. The number of aliphatic hydroxyl groups is 2. The Morgan fingerprint density at radius 2 is 1.09 bits per heavy atom. The van der Waals surface area contributed by atoms with Gasteiger partial charge in [-0.2, -0.15) is 0 Å². The van der Waals surface area contributed by atoms with Crippen LogP contribution in [0.2, 0.25) is 0 Å². The Labute approximate surface area is 135 Å². The van der Waals surface area contributed by atoms with E-state index >= 15 is 0 Å². The Kier molecular flexibility index (Phi) is 4.33. The Bertz CT molecular complexity index is 414. The summed E-state index contributed by atoms with van der Waals surface area (Å²) in [6, 6.07) is 0. The molecule has 4 atom stereocenters. The van der Waals surface area contributed by atoms with Gasteiger partial charge in [0.1, 0.15) is 5.78 Å². The standard InChI is InChI=1S/C19H34O3/c1-16(2)7-13(20)9-18(16,5)11-15(22)12-19(6)10-14(21)8-17(19,3)4/h13-14,20-21H,7-12H2,1-6H3. The lowest BCUT2D eigenvalue weighted by Gasteiger charge is -2.41. The van der Waals surface area contributed by atoms with Gasteiger partial charge in [0.05, 0.1) is 12.2 Å². The van der Waals surface area contributed by atoms with Gasteiger partial charge in [-0.15, -0.1) is 0 Å². The lowest BCUT2D eigenvalue weighted by atomic mass is 9.63. The van der Waals surface area contributed by atoms with Crippen LogP contribution >= 0.6 is 0 Å². The average Bonchev–Trinajstić information content (AvgIpc) is 2.54. The van der Waals surface area contributed by atoms with Crippen LogP contribution in [0.25, 0.3) is 0 Å². The van der Waals surface area contributed by atoms with Crippen molar-refractivity contribution in [2.45, 2.75) is 92.3 Å². The fourth-order valence-electron chi connectivity index (χ4n) is 4.96. The van der Waals surface area contributed by atoms with E-state index in [1.165, 1.54) is 0 Å². The Hall–Kier alpha value is -0.410. The molecule has 2 rings (SSSR count). The zero-order valence-corrected chi connectivity index (χ0v) is 15.2. The second-order valence-corrected chi connectivity index (χ2v) is 9.91. The van der Waals surface area contributed by atoms with Crippen molar-refractivity contribution in [3.05, 3.63) is 0 Å². The molecule has 3 heteroatoms. The molecule has 2 fully saturated rings. The van der Waals surface area contributed by atoms with Crippen LogP contribution in [-0.4, -0.2) is 28.2 Å². The number of Topliss-reactive ketones (excluding diaryl/α,β-unsaturated/α-hetero) is 1. The number of carbonyl (C=O) groups is 1. The third-order valence-corrected chi connectivity index (χ3v) is 7.31. The minimum absolute atomic E-state index is 0.00626. The molecule has 0 radical (unpaired) electrons. The minimum Gasteiger partial charge on any atom is -0.393 e. The van der Waals surface area contributed by atoms with E-state index in [1.807, 2.05) is 0 Å². The summed E-state index contributed by atoms with van der Waals surface area (Å²) in [5.41, 5.74) is -0.260. The molecule has 2 N–H and O–H groups in total. The summed E-state index contributed by atoms with van der Waals surface area (Å²) in [5.74, 6) is 0.286. The monoisotopic (exact) mass is 310 g/mol. The van der Waals surface area contributed by atoms with E-state index in [0.717, 1.165) is 12.8 Å². The number of hydrogen-bond acceptors (Lipinski definition) is 3. The van der Waals surface area contributed by atoms with Gasteiger partial charge >= 0.3 is 0 Å². The third-order valence-electron chi connectivity index (χ3n) is 7.31. The summed E-state index contributed by atoms with van der Waals surface area (Å²) in [6.07, 6.45) is 3.50. The molecule has 2 saturated carbocycles. The van der Waals surface area contributed by atoms with Gasteiger partial charge in [0.2, 0.25) is 0 Å². The molecule has 0 aromatic carbocycles. The van der Waals surface area contributed by atoms with Crippen molar-refractivity contribution >= 4 is 5.78 Å². The zero-order valence-electron chi connectivity index (χ0n) is 15.2. The lowest BCUT2D eigenvalue weighted by Crippen LogP contribution is -2.36. The van der Waals surface area contributed by atoms with Crippen LogP contribution in [0.3, 0.4) is 0 Å². The normalized spacial score (nSPS) is 43.5. The van der Waals surface area contributed by atoms with Crippen molar-refractivity contribution in [1.29, 1.82) is 0 Å². The summed E-state index contributed by atoms with van der Waals surface area (Å²) >= 11 is 0. The van der Waals surface area contributed by atoms with Gasteiger partial charge in [-0.25, -0.2) is 0 Å². The Morgan fingerprint density at radius 1 is 0.773 bits per heavy atom. The van der Waals surface area contributed by atoms with Gasteiger partial charge in [-0.1, -0.05) is 41.5 Å². The predicted octanol–water partition coefficient (Wildman–Crippen LogP) is 3.71. The van der Waals surface area contributed by atoms with Gasteiger partial charge in [-0.3, -0.25) is 4.79 Å². The first-order valence-electron chi connectivity index (χ1n) is 8.68. The Balaban J connectivity index is 2.08. The first kappa shape index (κ1) is 17.9. The molecule has 22 heavy (non-hydrogen) atoms. The van der Waals surface area contributed by atoms with Crippen molar-refractivity contribution in [2.75, 3.05) is 0 Å². The summed E-state index contributed by atoms with van der Waals surface area (Å²) in [6.45, 7) is 13.0. The smallest absolute Gasteiger partial charge is 0.134 e. The fourth-order valence-corrected chi connectivity index (χ4v) is 4.96. The summed E-state index contributed by atoms with van der Waals surface area (Å²) in [7, 11) is 0. The molecular weight excluding hydrogens is 276 g/mol. The summed E-state index contributed by atoms with van der Waals surface area (Å²) < 4.78 is 0. The highest BCUT2D eigenvalue weighted by Gasteiger charge is 2.53. The molecular formula is C19H34O3. The van der Waals surface area contributed by atoms with E-state index in [0.29, 0.717) is 25.7 Å². The number of rotatable bonds is 4. The zero-order chi connectivity index (χ0) is 17.0. The molecule has 0 bridgehead atoms. The molecule has 0 aromatic rings. The van der Waals surface area contributed by atoms with Crippen LogP contribution < -0.4 is 0 Å². The van der Waals surface area contributed by atoms with Gasteiger partial charge in [0.25, 0.3) is 0 Å². The topological polar surface area (TPSA) is 57.5 Å². The van der Waals surface area contributed by atoms with Crippen LogP contribution in [0.1, 0.15) is 80.1 Å². The highest BCUT2D eigenvalue weighted by Crippen LogP contribution is 2.57. The van der Waals surface area contributed by atoms with Gasteiger partial charge < -0.3 is 10.2 Å². The molecule has 128 valence electrons. The van der Waals surface area contributed by atoms with E-state index in [4.69, 9.17) is 0 Å². The largest absolute Gasteiger partial charge is 0.393 e. The molecule has 3 nitrogen and oxygen atoms in total. The molecule has 0 heterocycles. The maximum atomic E-state index is 12.8. The predicted molar refractivity (Wildman–Crippen MR) is 88.5 cm³/mol. The van der Waals surface area contributed by atoms with E-state index < -0.39 is 0 Å². The van der Waals surface area contributed by atoms with Crippen LogP contribution in [0.15, 0.2) is 0 Å². The summed E-state index contributed by atoms with van der Waals surface area (Å²) in [4.78, 5) is 12.8. The molecule has 0 amide bonds. The molecule has 0 aliphatic heterocycles. The van der Waals surface area contributed by atoms with E-state index in [9.17, 15) is 15.0 Å². The van der Waals surface area contributed by atoms with Crippen molar-refractivity contribution in [3.63, 3.8) is 0 Å².